The van der Waals surface area contributed by atoms with E-state index in [2.05, 4.69) is 0 Å². The van der Waals surface area contributed by atoms with Crippen LogP contribution >= 0.6 is 0 Å². The molecule has 15 heavy (non-hydrogen) atoms. The maximum Gasteiger partial charge on any atom is 0.126 e. The topological polar surface area (TPSA) is 23.1 Å². The lowest BCUT2D eigenvalue weighted by atomic mass is 9.90. The van der Waals surface area contributed by atoms with Crippen LogP contribution in [0.15, 0.2) is 24.3 Å². The van der Waals surface area contributed by atoms with E-state index in [9.17, 15) is 9.60 Å². The Balaban J connectivity index is 2.21. The highest BCUT2D eigenvalue weighted by Crippen LogP contribution is 2.30. The highest BCUT2D eigenvalue weighted by atomic mass is 19.1. The Kier molecular flexibility index (Phi) is 2.76. The molecule has 2 nitrogen and oxygen atoms in total. The third kappa shape index (κ3) is 2.36. The van der Waals surface area contributed by atoms with Crippen LogP contribution in [0.4, 0.5) is 4.39 Å². The molecule has 1 aliphatic heterocycles. The first-order chi connectivity index (χ1) is 7.08. The maximum absolute atomic E-state index is 13.5. The van der Waals surface area contributed by atoms with E-state index in [0.717, 1.165) is 12.8 Å². The lowest BCUT2D eigenvalue weighted by Gasteiger charge is -2.45. The molecule has 0 N–H and O–H groups in total. The minimum absolute atomic E-state index is 0.0856. The van der Waals surface area contributed by atoms with Gasteiger partial charge in [0.15, 0.2) is 0 Å². The van der Waals surface area contributed by atoms with E-state index < -0.39 is 0 Å². The number of hydrogen-bond donors (Lipinski definition) is 0. The number of benzene rings is 1. The van der Waals surface area contributed by atoms with Gasteiger partial charge in [-0.15, -0.1) is 0 Å². The summed E-state index contributed by atoms with van der Waals surface area (Å²) in [7, 11) is 1.67. The second kappa shape index (κ2) is 3.91. The Bertz CT molecular complexity index is 351. The van der Waals surface area contributed by atoms with Gasteiger partial charge in [0.1, 0.15) is 5.82 Å². The van der Waals surface area contributed by atoms with E-state index in [4.69, 9.17) is 0 Å². The van der Waals surface area contributed by atoms with Crippen molar-refractivity contribution < 1.29 is 9.04 Å². The van der Waals surface area contributed by atoms with E-state index in [0.29, 0.717) is 18.7 Å². The minimum Gasteiger partial charge on any atom is -0.633 e. The van der Waals surface area contributed by atoms with Crippen LogP contribution in [-0.2, 0) is 0 Å². The summed E-state index contributed by atoms with van der Waals surface area (Å²) in [6.07, 6.45) is 1.82. The Morgan fingerprint density at radius 3 is 2.80 bits per heavy atom. The number of piperidine rings is 1. The molecule has 2 unspecified atom stereocenters. The van der Waals surface area contributed by atoms with Crippen molar-refractivity contribution in [3.63, 3.8) is 0 Å². The molecule has 0 aromatic heterocycles. The average Bonchev–Trinajstić information content (AvgIpc) is 2.17. The largest absolute Gasteiger partial charge is 0.633 e. The van der Waals surface area contributed by atoms with Gasteiger partial charge in [-0.2, -0.15) is 0 Å². The van der Waals surface area contributed by atoms with Gasteiger partial charge in [-0.05, 0) is 24.5 Å². The molecule has 1 aliphatic rings. The monoisotopic (exact) mass is 209 g/mol. The van der Waals surface area contributed by atoms with Crippen LogP contribution < -0.4 is 0 Å². The van der Waals surface area contributed by atoms with Crippen LogP contribution in [0.1, 0.15) is 24.3 Å². The fourth-order valence-corrected chi connectivity index (χ4v) is 2.38. The number of halogens is 1. The highest BCUT2D eigenvalue weighted by molar-refractivity contribution is 5.22. The molecule has 2 atom stereocenters. The van der Waals surface area contributed by atoms with Crippen molar-refractivity contribution in [2.75, 3.05) is 20.1 Å². The zero-order chi connectivity index (χ0) is 10.9. The summed E-state index contributed by atoms with van der Waals surface area (Å²) in [6.45, 7) is 1.16. The zero-order valence-electron chi connectivity index (χ0n) is 8.95. The van der Waals surface area contributed by atoms with E-state index >= 15 is 0 Å². The fourth-order valence-electron chi connectivity index (χ4n) is 2.38. The van der Waals surface area contributed by atoms with Crippen molar-refractivity contribution in [1.82, 2.24) is 0 Å². The first kappa shape index (κ1) is 10.6. The van der Waals surface area contributed by atoms with Gasteiger partial charge in [-0.1, -0.05) is 18.2 Å². The molecule has 0 saturated carbocycles. The number of rotatable bonds is 1. The van der Waals surface area contributed by atoms with E-state index in [1.165, 1.54) is 6.07 Å². The number of hydroxylamine groups is 3. The summed E-state index contributed by atoms with van der Waals surface area (Å²) in [5.41, 5.74) is 0.706. The molecule has 1 fully saturated rings. The van der Waals surface area contributed by atoms with Crippen LogP contribution in [-0.4, -0.2) is 24.8 Å². The van der Waals surface area contributed by atoms with Gasteiger partial charge in [-0.25, -0.2) is 4.39 Å². The normalized spacial score (nSPS) is 31.5. The molecule has 0 bridgehead atoms. The minimum atomic E-state index is -0.237. The van der Waals surface area contributed by atoms with Gasteiger partial charge >= 0.3 is 0 Å². The Morgan fingerprint density at radius 2 is 2.13 bits per heavy atom. The lowest BCUT2D eigenvalue weighted by molar-refractivity contribution is -0.867. The number of likely N-dealkylation sites (tertiary alicyclic amines) is 1. The number of quaternary nitrogens is 1. The van der Waals surface area contributed by atoms with Crippen LogP contribution in [0.5, 0.6) is 0 Å². The zero-order valence-corrected chi connectivity index (χ0v) is 8.95. The molecule has 0 aliphatic carbocycles. The van der Waals surface area contributed by atoms with Gasteiger partial charge in [0, 0.05) is 5.92 Å². The van der Waals surface area contributed by atoms with Crippen molar-refractivity contribution in [3.8, 4) is 0 Å². The van der Waals surface area contributed by atoms with E-state index in [1.807, 2.05) is 6.07 Å². The Labute approximate surface area is 89.5 Å². The molecular weight excluding hydrogens is 193 g/mol. The SMILES string of the molecule is C[N+]1([O-])CCCC(c2ccccc2F)C1. The van der Waals surface area contributed by atoms with Crippen molar-refractivity contribution >= 4 is 0 Å². The smallest absolute Gasteiger partial charge is 0.126 e. The van der Waals surface area contributed by atoms with Crippen LogP contribution in [0, 0.1) is 11.0 Å². The molecule has 1 saturated heterocycles. The molecular formula is C12H16FNO. The van der Waals surface area contributed by atoms with Crippen LogP contribution in [0.3, 0.4) is 0 Å². The second-order valence-corrected chi connectivity index (χ2v) is 4.56. The highest BCUT2D eigenvalue weighted by Gasteiger charge is 2.27. The summed E-state index contributed by atoms with van der Waals surface area (Å²) in [5, 5.41) is 11.8. The van der Waals surface area contributed by atoms with Gasteiger partial charge < -0.3 is 9.85 Å². The summed E-state index contributed by atoms with van der Waals surface area (Å²) in [6, 6.07) is 6.79. The molecule has 0 amide bonds. The van der Waals surface area contributed by atoms with Crippen molar-refractivity contribution in [3.05, 3.63) is 40.9 Å². The third-order valence-electron chi connectivity index (χ3n) is 3.14. The molecule has 1 heterocycles. The Morgan fingerprint density at radius 1 is 1.40 bits per heavy atom. The maximum atomic E-state index is 13.5. The first-order valence-electron chi connectivity index (χ1n) is 5.38. The molecule has 0 radical (unpaired) electrons. The summed E-state index contributed by atoms with van der Waals surface area (Å²) in [5.74, 6) is -0.0909. The number of likely N-dealkylation sites (N-methyl/N-ethyl adjacent to an activating group) is 1. The van der Waals surface area contributed by atoms with Crippen molar-refractivity contribution in [2.45, 2.75) is 18.8 Å². The van der Waals surface area contributed by atoms with Crippen LogP contribution in [0.25, 0.3) is 0 Å². The average molecular weight is 209 g/mol. The number of hydrogen-bond acceptors (Lipinski definition) is 1. The van der Waals surface area contributed by atoms with Crippen molar-refractivity contribution in [2.24, 2.45) is 0 Å². The molecule has 3 heteroatoms. The van der Waals surface area contributed by atoms with Gasteiger partial charge in [0.2, 0.25) is 0 Å². The Hall–Kier alpha value is -0.930. The molecule has 0 spiro atoms. The van der Waals surface area contributed by atoms with E-state index in [1.54, 1.807) is 19.2 Å². The quantitative estimate of drug-likeness (QED) is 0.515. The predicted molar refractivity (Wildman–Crippen MR) is 57.7 cm³/mol. The van der Waals surface area contributed by atoms with Gasteiger partial charge in [0.05, 0.1) is 20.1 Å². The summed E-state index contributed by atoms with van der Waals surface area (Å²) < 4.78 is 13.3. The van der Waals surface area contributed by atoms with Crippen molar-refractivity contribution in [1.29, 1.82) is 0 Å². The summed E-state index contributed by atoms with van der Waals surface area (Å²) in [4.78, 5) is 0. The van der Waals surface area contributed by atoms with E-state index in [-0.39, 0.29) is 16.4 Å². The number of nitrogens with zero attached hydrogens (tertiary/aromatic N) is 1. The standard InChI is InChI=1S/C12H16FNO/c1-14(15)8-4-5-10(9-14)11-6-2-3-7-12(11)13/h2-3,6-7,10H,4-5,8-9H2,1H3. The summed E-state index contributed by atoms with van der Waals surface area (Å²) >= 11 is 0. The fraction of sp³-hybridized carbons (Fsp3) is 0.500. The first-order valence-corrected chi connectivity index (χ1v) is 5.38. The molecule has 1 aromatic rings. The molecule has 1 aromatic carbocycles. The third-order valence-corrected chi connectivity index (χ3v) is 3.14. The van der Waals surface area contributed by atoms with Gasteiger partial charge in [-0.3, -0.25) is 0 Å². The molecule has 2 rings (SSSR count). The molecule has 82 valence electrons. The lowest BCUT2D eigenvalue weighted by Crippen LogP contribution is -2.45. The van der Waals surface area contributed by atoms with Crippen LogP contribution in [0.2, 0.25) is 0 Å². The second-order valence-electron chi connectivity index (χ2n) is 4.56. The van der Waals surface area contributed by atoms with Gasteiger partial charge in [0.25, 0.3) is 0 Å². The predicted octanol–water partition coefficient (Wildman–Crippen LogP) is 2.65.